The molecule has 16 heavy (non-hydrogen) atoms. The second-order valence-corrected chi connectivity index (χ2v) is 4.25. The normalized spacial score (nSPS) is 17.9. The summed E-state index contributed by atoms with van der Waals surface area (Å²) < 4.78 is 10.5. The van der Waals surface area contributed by atoms with Crippen LogP contribution in [-0.4, -0.2) is 31.2 Å². The summed E-state index contributed by atoms with van der Waals surface area (Å²) in [7, 11) is 0. The van der Waals surface area contributed by atoms with Crippen LogP contribution in [0.3, 0.4) is 0 Å². The molecule has 1 atom stereocenters. The largest absolute Gasteiger partial charge is 0.376 e. The van der Waals surface area contributed by atoms with E-state index in [1.165, 1.54) is 0 Å². The Kier molecular flexibility index (Phi) is 3.59. The van der Waals surface area contributed by atoms with Gasteiger partial charge in [-0.25, -0.2) is 0 Å². The van der Waals surface area contributed by atoms with E-state index >= 15 is 0 Å². The predicted molar refractivity (Wildman–Crippen MR) is 60.9 cm³/mol. The molecule has 1 fully saturated rings. The third-order valence-corrected chi connectivity index (χ3v) is 2.75. The highest BCUT2D eigenvalue weighted by atomic mass is 35.5. The zero-order chi connectivity index (χ0) is 11.5. The molecule has 4 heteroatoms. The third kappa shape index (κ3) is 2.61. The zero-order valence-corrected chi connectivity index (χ0v) is 9.74. The van der Waals surface area contributed by atoms with Gasteiger partial charge in [-0.05, 0) is 31.2 Å². The number of Topliss-reactive ketones (excluding diaryl/α,β-unsaturated/α-hetero) is 1. The summed E-state index contributed by atoms with van der Waals surface area (Å²) in [6.45, 7) is 2.92. The van der Waals surface area contributed by atoms with Gasteiger partial charge in [0, 0.05) is 10.6 Å². The molecular formula is C12H13ClO3. The van der Waals surface area contributed by atoms with Crippen molar-refractivity contribution in [2.24, 2.45) is 0 Å². The molecule has 1 aromatic rings. The van der Waals surface area contributed by atoms with E-state index in [0.29, 0.717) is 23.8 Å². The van der Waals surface area contributed by atoms with Crippen molar-refractivity contribution >= 4 is 17.4 Å². The molecule has 3 nitrogen and oxygen atoms in total. The standard InChI is InChI=1S/C12H13ClO3/c1-8(16-11-6-15-7-11)12(14)9-2-4-10(13)5-3-9/h2-5,8,11H,6-7H2,1H3. The molecule has 1 unspecified atom stereocenters. The minimum Gasteiger partial charge on any atom is -0.376 e. The molecule has 1 aliphatic heterocycles. The number of carbonyl (C=O) groups is 1. The zero-order valence-electron chi connectivity index (χ0n) is 8.98. The van der Waals surface area contributed by atoms with E-state index in [2.05, 4.69) is 0 Å². The quantitative estimate of drug-likeness (QED) is 0.758. The monoisotopic (exact) mass is 240 g/mol. The van der Waals surface area contributed by atoms with Gasteiger partial charge in [0.1, 0.15) is 12.2 Å². The van der Waals surface area contributed by atoms with Crippen molar-refractivity contribution in [2.75, 3.05) is 13.2 Å². The van der Waals surface area contributed by atoms with Crippen LogP contribution in [0.1, 0.15) is 17.3 Å². The van der Waals surface area contributed by atoms with Gasteiger partial charge in [-0.15, -0.1) is 0 Å². The van der Waals surface area contributed by atoms with Crippen molar-refractivity contribution in [2.45, 2.75) is 19.1 Å². The number of halogens is 1. The molecule has 0 N–H and O–H groups in total. The van der Waals surface area contributed by atoms with Crippen LogP contribution in [-0.2, 0) is 9.47 Å². The summed E-state index contributed by atoms with van der Waals surface area (Å²) in [6, 6.07) is 6.82. The van der Waals surface area contributed by atoms with E-state index in [4.69, 9.17) is 21.1 Å². The fourth-order valence-corrected chi connectivity index (χ4v) is 1.62. The lowest BCUT2D eigenvalue weighted by Gasteiger charge is -2.28. The van der Waals surface area contributed by atoms with Crippen LogP contribution < -0.4 is 0 Å². The van der Waals surface area contributed by atoms with E-state index < -0.39 is 6.10 Å². The van der Waals surface area contributed by atoms with Crippen molar-refractivity contribution in [1.29, 1.82) is 0 Å². The third-order valence-electron chi connectivity index (χ3n) is 2.50. The summed E-state index contributed by atoms with van der Waals surface area (Å²) in [4.78, 5) is 11.9. The maximum absolute atomic E-state index is 11.9. The van der Waals surface area contributed by atoms with Crippen molar-refractivity contribution in [3.05, 3.63) is 34.9 Å². The molecule has 1 heterocycles. The van der Waals surface area contributed by atoms with E-state index in [9.17, 15) is 4.79 Å². The first-order valence-corrected chi connectivity index (χ1v) is 5.57. The second kappa shape index (κ2) is 4.95. The van der Waals surface area contributed by atoms with Gasteiger partial charge in [0.15, 0.2) is 5.78 Å². The first kappa shape index (κ1) is 11.6. The number of benzene rings is 1. The van der Waals surface area contributed by atoms with Crippen LogP contribution in [0.25, 0.3) is 0 Å². The second-order valence-electron chi connectivity index (χ2n) is 3.81. The number of hydrogen-bond donors (Lipinski definition) is 0. The van der Waals surface area contributed by atoms with Crippen LogP contribution in [0.5, 0.6) is 0 Å². The Hall–Kier alpha value is -0.900. The van der Waals surface area contributed by atoms with Crippen molar-refractivity contribution in [3.8, 4) is 0 Å². The Balaban J connectivity index is 1.97. The van der Waals surface area contributed by atoms with Crippen LogP contribution in [0.2, 0.25) is 5.02 Å². The summed E-state index contributed by atoms with van der Waals surface area (Å²) in [5.41, 5.74) is 0.622. The van der Waals surface area contributed by atoms with Crippen LogP contribution in [0, 0.1) is 0 Å². The Morgan fingerprint density at radius 2 is 2.06 bits per heavy atom. The minimum absolute atomic E-state index is 0.0245. The van der Waals surface area contributed by atoms with Gasteiger partial charge in [0.25, 0.3) is 0 Å². The molecule has 0 aromatic heterocycles. The Labute approximate surface area is 99.3 Å². The Morgan fingerprint density at radius 3 is 2.56 bits per heavy atom. The SMILES string of the molecule is CC(OC1COC1)C(=O)c1ccc(Cl)cc1. The number of ketones is 1. The van der Waals surface area contributed by atoms with E-state index in [0.717, 1.165) is 0 Å². The van der Waals surface area contributed by atoms with Gasteiger partial charge >= 0.3 is 0 Å². The molecule has 1 saturated heterocycles. The number of ether oxygens (including phenoxy) is 2. The molecule has 0 radical (unpaired) electrons. The van der Waals surface area contributed by atoms with E-state index in [-0.39, 0.29) is 11.9 Å². The van der Waals surface area contributed by atoms with Gasteiger partial charge in [0.2, 0.25) is 0 Å². The molecule has 1 aliphatic rings. The average Bonchev–Trinajstić information content (AvgIpc) is 2.23. The predicted octanol–water partition coefficient (Wildman–Crippen LogP) is 2.33. The van der Waals surface area contributed by atoms with Gasteiger partial charge in [-0.3, -0.25) is 4.79 Å². The number of hydrogen-bond acceptors (Lipinski definition) is 3. The molecular weight excluding hydrogens is 228 g/mol. The summed E-state index contributed by atoms with van der Waals surface area (Å²) >= 11 is 5.75. The molecule has 2 rings (SSSR count). The molecule has 0 saturated carbocycles. The van der Waals surface area contributed by atoms with Gasteiger partial charge in [-0.1, -0.05) is 11.6 Å². The Morgan fingerprint density at radius 1 is 1.44 bits per heavy atom. The molecule has 86 valence electrons. The number of carbonyl (C=O) groups excluding carboxylic acids is 1. The summed E-state index contributed by atoms with van der Waals surface area (Å²) in [5.74, 6) is -0.0245. The average molecular weight is 241 g/mol. The topological polar surface area (TPSA) is 35.5 Å². The van der Waals surface area contributed by atoms with Gasteiger partial charge < -0.3 is 9.47 Å². The lowest BCUT2D eigenvalue weighted by atomic mass is 10.1. The van der Waals surface area contributed by atoms with Crippen molar-refractivity contribution in [3.63, 3.8) is 0 Å². The summed E-state index contributed by atoms with van der Waals surface area (Å²) in [5, 5.41) is 0.623. The van der Waals surface area contributed by atoms with Gasteiger partial charge in [-0.2, -0.15) is 0 Å². The molecule has 1 aromatic carbocycles. The van der Waals surface area contributed by atoms with Crippen LogP contribution in [0.4, 0.5) is 0 Å². The maximum atomic E-state index is 11.9. The van der Waals surface area contributed by atoms with Gasteiger partial charge in [0.05, 0.1) is 13.2 Å². The lowest BCUT2D eigenvalue weighted by Crippen LogP contribution is -2.40. The maximum Gasteiger partial charge on any atom is 0.191 e. The first-order valence-electron chi connectivity index (χ1n) is 5.20. The van der Waals surface area contributed by atoms with Crippen LogP contribution in [0.15, 0.2) is 24.3 Å². The fraction of sp³-hybridized carbons (Fsp3) is 0.417. The molecule has 0 spiro atoms. The smallest absolute Gasteiger partial charge is 0.191 e. The minimum atomic E-state index is -0.435. The van der Waals surface area contributed by atoms with E-state index in [1.54, 1.807) is 31.2 Å². The lowest BCUT2D eigenvalue weighted by molar-refractivity contribution is -0.141. The highest BCUT2D eigenvalue weighted by Crippen LogP contribution is 2.15. The highest BCUT2D eigenvalue weighted by Gasteiger charge is 2.25. The van der Waals surface area contributed by atoms with Crippen LogP contribution >= 0.6 is 11.6 Å². The molecule has 0 amide bonds. The number of rotatable bonds is 4. The highest BCUT2D eigenvalue weighted by molar-refractivity contribution is 6.30. The summed E-state index contributed by atoms with van der Waals surface area (Å²) in [6.07, 6.45) is -0.374. The van der Waals surface area contributed by atoms with Crippen molar-refractivity contribution in [1.82, 2.24) is 0 Å². The van der Waals surface area contributed by atoms with Crippen molar-refractivity contribution < 1.29 is 14.3 Å². The molecule has 0 aliphatic carbocycles. The Bertz CT molecular complexity index is 370. The first-order chi connectivity index (χ1) is 7.66. The fourth-order valence-electron chi connectivity index (χ4n) is 1.49. The van der Waals surface area contributed by atoms with E-state index in [1.807, 2.05) is 0 Å². The molecule has 0 bridgehead atoms.